The Kier molecular flexibility index (Phi) is 5.35. The van der Waals surface area contributed by atoms with E-state index in [4.69, 9.17) is 0 Å². The molecule has 0 bridgehead atoms. The molecule has 1 saturated heterocycles. The maximum atomic E-state index is 11.9. The minimum atomic E-state index is -3.23. The molecule has 2 N–H and O–H groups in total. The minimum absolute atomic E-state index is 0.0183. The molecule has 1 fully saturated rings. The summed E-state index contributed by atoms with van der Waals surface area (Å²) < 4.78 is 24.7. The van der Waals surface area contributed by atoms with Crippen LogP contribution in [0.2, 0.25) is 0 Å². The highest BCUT2D eigenvalue weighted by Gasteiger charge is 2.31. The Morgan fingerprint density at radius 2 is 2.18 bits per heavy atom. The van der Waals surface area contributed by atoms with Gasteiger partial charge in [0.25, 0.3) is 0 Å². The molecule has 1 aliphatic heterocycles. The molecular weight excluding hydrogens is 242 g/mol. The fourth-order valence-electron chi connectivity index (χ4n) is 1.80. The summed E-state index contributed by atoms with van der Waals surface area (Å²) in [5.74, 6) is -0.0137. The van der Waals surface area contributed by atoms with E-state index >= 15 is 0 Å². The summed E-state index contributed by atoms with van der Waals surface area (Å²) in [6, 6.07) is -0.132. The zero-order valence-electron chi connectivity index (χ0n) is 10.4. The van der Waals surface area contributed by atoms with Crippen molar-refractivity contribution in [1.82, 2.24) is 14.9 Å². The molecule has 6 nitrogen and oxygen atoms in total. The molecule has 1 atom stereocenters. The molecule has 100 valence electrons. The van der Waals surface area contributed by atoms with Gasteiger partial charge in [0.1, 0.15) is 0 Å². The number of hydrogen-bond donors (Lipinski definition) is 2. The number of amides is 1. The first-order chi connectivity index (χ1) is 8.00. The SMILES string of the molecule is CCCNC1CCN(CCS(=O)(=O)NC)C1=O. The van der Waals surface area contributed by atoms with Crippen LogP contribution in [0.25, 0.3) is 0 Å². The van der Waals surface area contributed by atoms with E-state index in [-0.39, 0.29) is 24.2 Å². The van der Waals surface area contributed by atoms with Gasteiger partial charge in [0.2, 0.25) is 15.9 Å². The van der Waals surface area contributed by atoms with Gasteiger partial charge in [-0.15, -0.1) is 0 Å². The summed E-state index contributed by atoms with van der Waals surface area (Å²) in [6.07, 6.45) is 1.75. The van der Waals surface area contributed by atoms with E-state index in [1.165, 1.54) is 7.05 Å². The largest absolute Gasteiger partial charge is 0.340 e. The van der Waals surface area contributed by atoms with Crippen LogP contribution >= 0.6 is 0 Å². The van der Waals surface area contributed by atoms with Crippen molar-refractivity contribution >= 4 is 15.9 Å². The number of nitrogens with zero attached hydrogens (tertiary/aromatic N) is 1. The van der Waals surface area contributed by atoms with Gasteiger partial charge < -0.3 is 10.2 Å². The summed E-state index contributed by atoms with van der Waals surface area (Å²) >= 11 is 0. The zero-order chi connectivity index (χ0) is 12.9. The van der Waals surface area contributed by atoms with E-state index in [0.29, 0.717) is 6.54 Å². The predicted octanol–water partition coefficient (Wildman–Crippen LogP) is -0.864. The van der Waals surface area contributed by atoms with Crippen LogP contribution in [0.4, 0.5) is 0 Å². The third-order valence-electron chi connectivity index (χ3n) is 2.88. The second-order valence-corrected chi connectivity index (χ2v) is 6.19. The highest BCUT2D eigenvalue weighted by Crippen LogP contribution is 2.10. The smallest absolute Gasteiger partial charge is 0.239 e. The fourth-order valence-corrected chi connectivity index (χ4v) is 2.47. The second kappa shape index (κ2) is 6.32. The minimum Gasteiger partial charge on any atom is -0.340 e. The number of rotatable bonds is 7. The molecule has 1 amide bonds. The molecule has 1 unspecified atom stereocenters. The Morgan fingerprint density at radius 1 is 1.47 bits per heavy atom. The lowest BCUT2D eigenvalue weighted by Gasteiger charge is -2.16. The van der Waals surface area contributed by atoms with Crippen molar-refractivity contribution in [3.05, 3.63) is 0 Å². The number of nitrogens with one attached hydrogen (secondary N) is 2. The quantitative estimate of drug-likeness (QED) is 0.626. The first-order valence-corrected chi connectivity index (χ1v) is 7.58. The van der Waals surface area contributed by atoms with Crippen LogP contribution in [0.1, 0.15) is 19.8 Å². The van der Waals surface area contributed by atoms with Crippen molar-refractivity contribution in [2.24, 2.45) is 0 Å². The summed E-state index contributed by atoms with van der Waals surface area (Å²) in [7, 11) is -1.85. The van der Waals surface area contributed by atoms with E-state index in [9.17, 15) is 13.2 Å². The lowest BCUT2D eigenvalue weighted by atomic mass is 10.2. The average molecular weight is 263 g/mol. The Morgan fingerprint density at radius 3 is 2.76 bits per heavy atom. The van der Waals surface area contributed by atoms with Crippen molar-refractivity contribution in [2.75, 3.05) is 32.4 Å². The number of hydrogen-bond acceptors (Lipinski definition) is 4. The van der Waals surface area contributed by atoms with Crippen LogP contribution < -0.4 is 10.0 Å². The Bertz CT molecular complexity index is 356. The normalized spacial score (nSPS) is 21.2. The third kappa shape index (κ3) is 4.25. The van der Waals surface area contributed by atoms with E-state index in [2.05, 4.69) is 10.0 Å². The first kappa shape index (κ1) is 14.4. The van der Waals surface area contributed by atoms with Crippen LogP contribution in [-0.4, -0.2) is 57.7 Å². The molecule has 1 rings (SSSR count). The molecule has 0 aromatic rings. The molecule has 0 radical (unpaired) electrons. The van der Waals surface area contributed by atoms with Crippen molar-refractivity contribution in [3.63, 3.8) is 0 Å². The van der Waals surface area contributed by atoms with Crippen LogP contribution in [0.15, 0.2) is 0 Å². The summed E-state index contributed by atoms with van der Waals surface area (Å²) in [5, 5.41) is 3.17. The van der Waals surface area contributed by atoms with Crippen molar-refractivity contribution in [1.29, 1.82) is 0 Å². The third-order valence-corrected chi connectivity index (χ3v) is 4.22. The van der Waals surface area contributed by atoms with Crippen LogP contribution in [0, 0.1) is 0 Å². The monoisotopic (exact) mass is 263 g/mol. The second-order valence-electron chi connectivity index (χ2n) is 4.14. The number of carbonyl (C=O) groups excluding carboxylic acids is 1. The molecule has 0 saturated carbocycles. The number of likely N-dealkylation sites (tertiary alicyclic amines) is 1. The highest BCUT2D eigenvalue weighted by molar-refractivity contribution is 7.89. The molecule has 1 aliphatic rings. The van der Waals surface area contributed by atoms with Crippen molar-refractivity contribution < 1.29 is 13.2 Å². The molecular formula is C10H21N3O3S. The van der Waals surface area contributed by atoms with Gasteiger partial charge in [0.05, 0.1) is 11.8 Å². The Hall–Kier alpha value is -0.660. The first-order valence-electron chi connectivity index (χ1n) is 5.93. The zero-order valence-corrected chi connectivity index (χ0v) is 11.2. The maximum Gasteiger partial charge on any atom is 0.239 e. The van der Waals surface area contributed by atoms with Crippen LogP contribution in [0.5, 0.6) is 0 Å². The molecule has 0 aliphatic carbocycles. The molecule has 0 spiro atoms. The van der Waals surface area contributed by atoms with Crippen molar-refractivity contribution in [3.8, 4) is 0 Å². The number of carbonyl (C=O) groups is 1. The van der Waals surface area contributed by atoms with Gasteiger partial charge in [-0.25, -0.2) is 13.1 Å². The van der Waals surface area contributed by atoms with Gasteiger partial charge >= 0.3 is 0 Å². The Balaban J connectivity index is 2.40. The summed E-state index contributed by atoms with van der Waals surface area (Å²) in [6.45, 7) is 3.77. The molecule has 7 heteroatoms. The van der Waals surface area contributed by atoms with Crippen LogP contribution in [-0.2, 0) is 14.8 Å². The highest BCUT2D eigenvalue weighted by atomic mass is 32.2. The molecule has 0 aromatic carbocycles. The summed E-state index contributed by atoms with van der Waals surface area (Å²) in [5.41, 5.74) is 0. The molecule has 17 heavy (non-hydrogen) atoms. The topological polar surface area (TPSA) is 78.5 Å². The summed E-state index contributed by atoms with van der Waals surface area (Å²) in [4.78, 5) is 13.5. The standard InChI is InChI=1S/C10H21N3O3S/c1-3-5-12-9-4-6-13(10(9)14)7-8-17(15,16)11-2/h9,11-12H,3-8H2,1-2H3. The maximum absolute atomic E-state index is 11.9. The van der Waals surface area contributed by atoms with E-state index in [0.717, 1.165) is 19.4 Å². The van der Waals surface area contributed by atoms with Gasteiger partial charge in [0, 0.05) is 13.1 Å². The molecule has 0 aromatic heterocycles. The average Bonchev–Trinajstić information content (AvgIpc) is 2.65. The predicted molar refractivity (Wildman–Crippen MR) is 66.1 cm³/mol. The van der Waals surface area contributed by atoms with Crippen LogP contribution in [0.3, 0.4) is 0 Å². The number of sulfonamides is 1. The van der Waals surface area contributed by atoms with Gasteiger partial charge in [0.15, 0.2) is 0 Å². The van der Waals surface area contributed by atoms with E-state index < -0.39 is 10.0 Å². The van der Waals surface area contributed by atoms with Crippen molar-refractivity contribution in [2.45, 2.75) is 25.8 Å². The van der Waals surface area contributed by atoms with Gasteiger partial charge in [-0.3, -0.25) is 4.79 Å². The van der Waals surface area contributed by atoms with E-state index in [1.807, 2.05) is 6.92 Å². The van der Waals surface area contributed by atoms with E-state index in [1.54, 1.807) is 4.90 Å². The van der Waals surface area contributed by atoms with Gasteiger partial charge in [-0.1, -0.05) is 6.92 Å². The Labute approximate surface area is 103 Å². The lowest BCUT2D eigenvalue weighted by Crippen LogP contribution is -2.40. The van der Waals surface area contributed by atoms with Gasteiger partial charge in [-0.2, -0.15) is 0 Å². The fraction of sp³-hybridized carbons (Fsp3) is 0.900. The van der Waals surface area contributed by atoms with Gasteiger partial charge in [-0.05, 0) is 26.4 Å². The lowest BCUT2D eigenvalue weighted by molar-refractivity contribution is -0.129. The molecule has 1 heterocycles.